The van der Waals surface area contributed by atoms with Crippen LogP contribution in [0.25, 0.3) is 11.4 Å². The van der Waals surface area contributed by atoms with E-state index in [0.29, 0.717) is 23.0 Å². The molecule has 0 N–H and O–H groups in total. The highest BCUT2D eigenvalue weighted by atomic mass is 35.5. The summed E-state index contributed by atoms with van der Waals surface area (Å²) in [5.74, 6) is 0.495. The highest BCUT2D eigenvalue weighted by Gasteiger charge is 2.09. The maximum absolute atomic E-state index is 8.77. The van der Waals surface area contributed by atoms with E-state index < -0.39 is 0 Å². The van der Waals surface area contributed by atoms with Gasteiger partial charge in [0.25, 0.3) is 0 Å². The Labute approximate surface area is 126 Å². The summed E-state index contributed by atoms with van der Waals surface area (Å²) in [5, 5.41) is 21.7. The first-order chi connectivity index (χ1) is 10.3. The maximum Gasteiger partial charge on any atom is 0.206 e. The molecule has 0 saturated carbocycles. The summed E-state index contributed by atoms with van der Waals surface area (Å²) < 4.78 is 0. The number of halogens is 1. The van der Waals surface area contributed by atoms with E-state index >= 15 is 0 Å². The Morgan fingerprint density at radius 3 is 2.57 bits per heavy atom. The zero-order valence-electron chi connectivity index (χ0n) is 10.9. The number of nitrogens with zero attached hydrogens (tertiary/aromatic N) is 5. The average molecular weight is 296 g/mol. The normalized spacial score (nSPS) is 10.3. The van der Waals surface area contributed by atoms with Crippen molar-refractivity contribution < 1.29 is 0 Å². The van der Waals surface area contributed by atoms with Gasteiger partial charge in [-0.15, -0.1) is 10.2 Å². The van der Waals surface area contributed by atoms with Crippen LogP contribution < -0.4 is 0 Å². The highest BCUT2D eigenvalue weighted by Crippen LogP contribution is 2.23. The largest absolute Gasteiger partial charge is 0.206 e. The van der Waals surface area contributed by atoms with Crippen molar-refractivity contribution in [3.63, 3.8) is 0 Å². The zero-order valence-corrected chi connectivity index (χ0v) is 11.7. The molecular weight excluding hydrogens is 286 g/mol. The molecule has 0 unspecified atom stereocenters. The summed E-state index contributed by atoms with van der Waals surface area (Å²) in [7, 11) is 0. The van der Waals surface area contributed by atoms with Gasteiger partial charge in [-0.25, -0.2) is 0 Å². The number of benzene rings is 2. The van der Waals surface area contributed by atoms with E-state index in [1.54, 1.807) is 18.2 Å². The minimum Gasteiger partial charge on any atom is -0.192 e. The molecule has 21 heavy (non-hydrogen) atoms. The lowest BCUT2D eigenvalue weighted by molar-refractivity contribution is 0.573. The Balaban J connectivity index is 1.82. The molecule has 1 aromatic heterocycles. The Morgan fingerprint density at radius 2 is 1.86 bits per heavy atom. The van der Waals surface area contributed by atoms with E-state index in [1.807, 2.05) is 30.3 Å². The summed E-state index contributed by atoms with van der Waals surface area (Å²) in [6.45, 7) is 0.489. The molecule has 3 aromatic rings. The van der Waals surface area contributed by atoms with Gasteiger partial charge in [0.1, 0.15) is 0 Å². The third-order valence-electron chi connectivity index (χ3n) is 2.97. The summed E-state index contributed by atoms with van der Waals surface area (Å²) in [4.78, 5) is 1.50. The van der Waals surface area contributed by atoms with Crippen molar-refractivity contribution in [2.45, 2.75) is 6.54 Å². The molecule has 2 aromatic carbocycles. The van der Waals surface area contributed by atoms with Crippen LogP contribution in [0.4, 0.5) is 0 Å². The first-order valence-electron chi connectivity index (χ1n) is 6.28. The van der Waals surface area contributed by atoms with E-state index in [2.05, 4.69) is 21.5 Å². The monoisotopic (exact) mass is 295 g/mol. The molecule has 6 heteroatoms. The van der Waals surface area contributed by atoms with Crippen LogP contribution in [0.2, 0.25) is 5.02 Å². The lowest BCUT2D eigenvalue weighted by atomic mass is 10.1. The molecule has 0 spiro atoms. The fourth-order valence-corrected chi connectivity index (χ4v) is 2.13. The van der Waals surface area contributed by atoms with Gasteiger partial charge in [0.05, 0.1) is 23.2 Å². The SMILES string of the molecule is N#Cc1ccc(Cn2nnc(-c3ccccc3Cl)n2)cc1. The van der Waals surface area contributed by atoms with Crippen molar-refractivity contribution in [2.75, 3.05) is 0 Å². The molecule has 0 amide bonds. The molecule has 0 aliphatic heterocycles. The number of rotatable bonds is 3. The van der Waals surface area contributed by atoms with Crippen LogP contribution in [0.15, 0.2) is 48.5 Å². The van der Waals surface area contributed by atoms with E-state index in [9.17, 15) is 0 Å². The minimum absolute atomic E-state index is 0.489. The first-order valence-corrected chi connectivity index (χ1v) is 6.66. The van der Waals surface area contributed by atoms with Crippen molar-refractivity contribution in [1.82, 2.24) is 20.2 Å². The molecule has 0 atom stereocenters. The summed E-state index contributed by atoms with van der Waals surface area (Å²) >= 11 is 6.11. The van der Waals surface area contributed by atoms with Crippen LogP contribution in [0.3, 0.4) is 0 Å². The van der Waals surface area contributed by atoms with Crippen molar-refractivity contribution in [2.24, 2.45) is 0 Å². The molecule has 0 aliphatic carbocycles. The van der Waals surface area contributed by atoms with Gasteiger partial charge in [-0.05, 0) is 35.0 Å². The molecule has 5 nitrogen and oxygen atoms in total. The third-order valence-corrected chi connectivity index (χ3v) is 3.30. The fourth-order valence-electron chi connectivity index (χ4n) is 1.91. The second-order valence-electron chi connectivity index (χ2n) is 4.43. The predicted octanol–water partition coefficient (Wildman–Crippen LogP) is 2.91. The first kappa shape index (κ1) is 13.3. The van der Waals surface area contributed by atoms with Gasteiger partial charge in [-0.2, -0.15) is 10.1 Å². The van der Waals surface area contributed by atoms with Gasteiger partial charge in [0.2, 0.25) is 5.82 Å². The van der Waals surface area contributed by atoms with Crippen molar-refractivity contribution in [1.29, 1.82) is 5.26 Å². The Kier molecular flexibility index (Phi) is 3.63. The van der Waals surface area contributed by atoms with Gasteiger partial charge in [-0.1, -0.05) is 35.9 Å². The maximum atomic E-state index is 8.77. The lowest BCUT2D eigenvalue weighted by Gasteiger charge is -1.99. The quantitative estimate of drug-likeness (QED) is 0.745. The van der Waals surface area contributed by atoms with Crippen molar-refractivity contribution >= 4 is 11.6 Å². The number of nitriles is 1. The summed E-state index contributed by atoms with van der Waals surface area (Å²) in [6.07, 6.45) is 0. The number of hydrogen-bond donors (Lipinski definition) is 0. The Hall–Kier alpha value is -2.71. The average Bonchev–Trinajstić information content (AvgIpc) is 2.97. The van der Waals surface area contributed by atoms with Crippen LogP contribution in [-0.2, 0) is 6.54 Å². The molecule has 0 saturated heterocycles. The van der Waals surface area contributed by atoms with Crippen LogP contribution in [0.1, 0.15) is 11.1 Å². The topological polar surface area (TPSA) is 67.4 Å². The summed E-state index contributed by atoms with van der Waals surface area (Å²) in [5.41, 5.74) is 2.38. The van der Waals surface area contributed by atoms with Gasteiger partial charge >= 0.3 is 0 Å². The molecule has 1 heterocycles. The van der Waals surface area contributed by atoms with E-state index in [0.717, 1.165) is 11.1 Å². The predicted molar refractivity (Wildman–Crippen MR) is 78.5 cm³/mol. The molecule has 102 valence electrons. The van der Waals surface area contributed by atoms with Crippen LogP contribution >= 0.6 is 11.6 Å². The zero-order chi connectivity index (χ0) is 14.7. The van der Waals surface area contributed by atoms with Gasteiger partial charge in [0.15, 0.2) is 0 Å². The van der Waals surface area contributed by atoms with Gasteiger partial charge < -0.3 is 0 Å². The minimum atomic E-state index is 0.489. The molecule has 0 radical (unpaired) electrons. The molecule has 0 aliphatic rings. The summed E-state index contributed by atoms with van der Waals surface area (Å²) in [6, 6.07) is 16.7. The fraction of sp³-hybridized carbons (Fsp3) is 0.0667. The number of aromatic nitrogens is 4. The number of tetrazole rings is 1. The number of hydrogen-bond acceptors (Lipinski definition) is 4. The highest BCUT2D eigenvalue weighted by molar-refractivity contribution is 6.33. The van der Waals surface area contributed by atoms with Crippen molar-refractivity contribution in [3.05, 3.63) is 64.7 Å². The van der Waals surface area contributed by atoms with Gasteiger partial charge in [0, 0.05) is 5.56 Å². The Morgan fingerprint density at radius 1 is 1.10 bits per heavy atom. The molecule has 0 bridgehead atoms. The van der Waals surface area contributed by atoms with Gasteiger partial charge in [-0.3, -0.25) is 0 Å². The van der Waals surface area contributed by atoms with Crippen LogP contribution in [0, 0.1) is 11.3 Å². The van der Waals surface area contributed by atoms with E-state index in [4.69, 9.17) is 16.9 Å². The second-order valence-corrected chi connectivity index (χ2v) is 4.84. The molecule has 0 fully saturated rings. The Bertz CT molecular complexity index is 801. The molecular formula is C15H10ClN5. The lowest BCUT2D eigenvalue weighted by Crippen LogP contribution is -2.04. The van der Waals surface area contributed by atoms with E-state index in [-0.39, 0.29) is 0 Å². The van der Waals surface area contributed by atoms with Crippen LogP contribution in [-0.4, -0.2) is 20.2 Å². The van der Waals surface area contributed by atoms with Crippen LogP contribution in [0.5, 0.6) is 0 Å². The van der Waals surface area contributed by atoms with E-state index in [1.165, 1.54) is 4.80 Å². The standard InChI is InChI=1S/C15H10ClN5/c16-14-4-2-1-3-13(14)15-18-20-21(19-15)10-12-7-5-11(9-17)6-8-12/h1-8H,10H2. The van der Waals surface area contributed by atoms with Crippen molar-refractivity contribution in [3.8, 4) is 17.5 Å². The third kappa shape index (κ3) is 2.91. The second kappa shape index (κ2) is 5.73. The molecule has 3 rings (SSSR count). The smallest absolute Gasteiger partial charge is 0.192 e.